The summed E-state index contributed by atoms with van der Waals surface area (Å²) in [5.41, 5.74) is 1.20. The van der Waals surface area contributed by atoms with Gasteiger partial charge in [-0.3, -0.25) is 0 Å². The van der Waals surface area contributed by atoms with Crippen molar-refractivity contribution in [2.75, 3.05) is 6.54 Å². The lowest BCUT2D eigenvalue weighted by Crippen LogP contribution is -2.39. The molecule has 2 heteroatoms. The Morgan fingerprint density at radius 2 is 1.84 bits per heavy atom. The third-order valence-corrected chi connectivity index (χ3v) is 4.78. The van der Waals surface area contributed by atoms with Gasteiger partial charge in [0, 0.05) is 12.6 Å². The highest BCUT2D eigenvalue weighted by Crippen LogP contribution is 2.39. The Kier molecular flexibility index (Phi) is 3.88. The van der Waals surface area contributed by atoms with Crippen LogP contribution in [-0.2, 0) is 6.42 Å². The van der Waals surface area contributed by atoms with Crippen LogP contribution < -0.4 is 5.32 Å². The fraction of sp³-hybridized carbons (Fsp3) is 0.647. The van der Waals surface area contributed by atoms with E-state index in [1.54, 1.807) is 12.1 Å². The van der Waals surface area contributed by atoms with E-state index in [1.807, 2.05) is 12.1 Å². The van der Waals surface area contributed by atoms with Gasteiger partial charge in [0.2, 0.25) is 0 Å². The number of halogens is 1. The minimum Gasteiger partial charge on any atom is -0.313 e. The molecule has 1 aromatic carbocycles. The quantitative estimate of drug-likeness (QED) is 0.842. The minimum absolute atomic E-state index is 0.0288. The summed E-state index contributed by atoms with van der Waals surface area (Å²) in [4.78, 5) is 0. The molecule has 0 aromatic heterocycles. The summed E-state index contributed by atoms with van der Waals surface area (Å²) in [7, 11) is 0. The predicted molar refractivity (Wildman–Crippen MR) is 76.6 cm³/mol. The lowest BCUT2D eigenvalue weighted by atomic mass is 9.70. The van der Waals surface area contributed by atoms with Crippen LogP contribution in [0.25, 0.3) is 0 Å². The van der Waals surface area contributed by atoms with Crippen LogP contribution in [0.2, 0.25) is 0 Å². The number of nitrogens with one attached hydrogen (secondary N) is 1. The van der Waals surface area contributed by atoms with Gasteiger partial charge in [0.15, 0.2) is 0 Å². The smallest absolute Gasteiger partial charge is 0.126 e. The first-order chi connectivity index (χ1) is 9.27. The highest BCUT2D eigenvalue weighted by molar-refractivity contribution is 5.19. The van der Waals surface area contributed by atoms with Crippen LogP contribution >= 0.6 is 0 Å². The molecule has 2 aliphatic rings. The molecule has 0 amide bonds. The Morgan fingerprint density at radius 1 is 1.11 bits per heavy atom. The van der Waals surface area contributed by atoms with Crippen molar-refractivity contribution >= 4 is 0 Å². The van der Waals surface area contributed by atoms with Crippen molar-refractivity contribution in [1.29, 1.82) is 0 Å². The zero-order valence-corrected chi connectivity index (χ0v) is 11.6. The molecule has 1 nitrogen and oxygen atoms in total. The van der Waals surface area contributed by atoms with Crippen LogP contribution in [0.5, 0.6) is 0 Å². The van der Waals surface area contributed by atoms with Crippen LogP contribution in [0.15, 0.2) is 24.3 Å². The second-order valence-electron chi connectivity index (χ2n) is 6.48. The van der Waals surface area contributed by atoms with Crippen molar-refractivity contribution in [3.63, 3.8) is 0 Å². The van der Waals surface area contributed by atoms with Crippen LogP contribution in [0.3, 0.4) is 0 Å². The fourth-order valence-corrected chi connectivity index (χ4v) is 3.41. The van der Waals surface area contributed by atoms with Crippen LogP contribution in [0.1, 0.15) is 50.5 Å². The first-order valence-electron chi connectivity index (χ1n) is 7.74. The normalized spacial score (nSPS) is 22.4. The molecule has 0 aliphatic heterocycles. The van der Waals surface area contributed by atoms with Gasteiger partial charge in [0.25, 0.3) is 0 Å². The lowest BCUT2D eigenvalue weighted by molar-refractivity contribution is 0.178. The van der Waals surface area contributed by atoms with Crippen molar-refractivity contribution in [2.45, 2.75) is 57.4 Å². The molecule has 104 valence electrons. The van der Waals surface area contributed by atoms with Crippen LogP contribution in [0.4, 0.5) is 4.39 Å². The minimum atomic E-state index is -0.0288. The average Bonchev–Trinajstić information content (AvgIpc) is 3.25. The first-order valence-corrected chi connectivity index (χ1v) is 7.74. The van der Waals surface area contributed by atoms with Crippen molar-refractivity contribution in [2.24, 2.45) is 5.41 Å². The maximum Gasteiger partial charge on any atom is 0.126 e. The van der Waals surface area contributed by atoms with E-state index in [-0.39, 0.29) is 5.82 Å². The standard InChI is InChI=1S/C17H24FN/c18-16-7-3-2-6-14(16)12-17(10-4-1-5-11-17)13-19-15-8-9-15/h2-3,6-7,15,19H,1,4-5,8-13H2. The molecule has 1 N–H and O–H groups in total. The van der Waals surface area contributed by atoms with Crippen molar-refractivity contribution in [3.8, 4) is 0 Å². The van der Waals surface area contributed by atoms with Gasteiger partial charge in [-0.1, -0.05) is 37.5 Å². The monoisotopic (exact) mass is 261 g/mol. The third kappa shape index (κ3) is 3.36. The summed E-state index contributed by atoms with van der Waals surface area (Å²) < 4.78 is 13.9. The summed E-state index contributed by atoms with van der Waals surface area (Å²) in [6.07, 6.45) is 10.0. The zero-order chi connectivity index (χ0) is 13.1. The van der Waals surface area contributed by atoms with E-state index in [0.717, 1.165) is 24.6 Å². The van der Waals surface area contributed by atoms with Crippen molar-refractivity contribution in [1.82, 2.24) is 5.32 Å². The van der Waals surface area contributed by atoms with E-state index >= 15 is 0 Å². The molecular weight excluding hydrogens is 237 g/mol. The van der Waals surface area contributed by atoms with E-state index in [4.69, 9.17) is 0 Å². The van der Waals surface area contributed by atoms with Gasteiger partial charge in [-0.25, -0.2) is 4.39 Å². The number of hydrogen-bond acceptors (Lipinski definition) is 1. The molecule has 2 saturated carbocycles. The zero-order valence-electron chi connectivity index (χ0n) is 11.6. The largest absolute Gasteiger partial charge is 0.313 e. The van der Waals surface area contributed by atoms with Gasteiger partial charge < -0.3 is 5.32 Å². The maximum atomic E-state index is 13.9. The molecule has 0 bridgehead atoms. The van der Waals surface area contributed by atoms with Gasteiger partial charge in [-0.2, -0.15) is 0 Å². The van der Waals surface area contributed by atoms with Crippen LogP contribution in [0, 0.1) is 11.2 Å². The Bertz CT molecular complexity index is 419. The molecule has 0 heterocycles. The Hall–Kier alpha value is -0.890. The highest BCUT2D eigenvalue weighted by Gasteiger charge is 2.34. The third-order valence-electron chi connectivity index (χ3n) is 4.78. The number of hydrogen-bond donors (Lipinski definition) is 1. The summed E-state index contributed by atoms with van der Waals surface area (Å²) in [6, 6.07) is 8.06. The molecule has 0 radical (unpaired) electrons. The molecule has 19 heavy (non-hydrogen) atoms. The van der Waals surface area contributed by atoms with Gasteiger partial charge in [0.1, 0.15) is 5.82 Å². The SMILES string of the molecule is Fc1ccccc1CC1(CNC2CC2)CCCCC1. The molecule has 0 spiro atoms. The Labute approximate surface area is 115 Å². The van der Waals surface area contributed by atoms with Gasteiger partial charge >= 0.3 is 0 Å². The van der Waals surface area contributed by atoms with E-state index in [2.05, 4.69) is 5.32 Å². The molecule has 2 aliphatic carbocycles. The summed E-state index contributed by atoms with van der Waals surface area (Å²) >= 11 is 0. The molecule has 0 unspecified atom stereocenters. The molecule has 3 rings (SSSR count). The molecular formula is C17H24FN. The topological polar surface area (TPSA) is 12.0 Å². The van der Waals surface area contributed by atoms with Gasteiger partial charge in [-0.15, -0.1) is 0 Å². The van der Waals surface area contributed by atoms with E-state index in [1.165, 1.54) is 44.9 Å². The molecule has 0 saturated heterocycles. The predicted octanol–water partition coefficient (Wildman–Crippen LogP) is 4.07. The van der Waals surface area contributed by atoms with Crippen LogP contribution in [-0.4, -0.2) is 12.6 Å². The second kappa shape index (κ2) is 5.62. The second-order valence-corrected chi connectivity index (χ2v) is 6.48. The lowest BCUT2D eigenvalue weighted by Gasteiger charge is -2.38. The van der Waals surface area contributed by atoms with Gasteiger partial charge in [-0.05, 0) is 49.1 Å². The fourth-order valence-electron chi connectivity index (χ4n) is 3.41. The summed E-state index contributed by atoms with van der Waals surface area (Å²) in [5.74, 6) is -0.0288. The number of rotatable bonds is 5. The summed E-state index contributed by atoms with van der Waals surface area (Å²) in [5, 5.41) is 3.68. The highest BCUT2D eigenvalue weighted by atomic mass is 19.1. The van der Waals surface area contributed by atoms with E-state index in [0.29, 0.717) is 5.41 Å². The van der Waals surface area contributed by atoms with Crippen molar-refractivity contribution in [3.05, 3.63) is 35.6 Å². The first kappa shape index (κ1) is 13.1. The molecule has 0 atom stereocenters. The number of benzene rings is 1. The molecule has 1 aromatic rings. The average molecular weight is 261 g/mol. The Morgan fingerprint density at radius 3 is 2.53 bits per heavy atom. The summed E-state index contributed by atoms with van der Waals surface area (Å²) in [6.45, 7) is 1.08. The Balaban J connectivity index is 1.72. The van der Waals surface area contributed by atoms with Gasteiger partial charge in [0.05, 0.1) is 0 Å². The molecule has 2 fully saturated rings. The maximum absolute atomic E-state index is 13.9. The van der Waals surface area contributed by atoms with E-state index < -0.39 is 0 Å². The van der Waals surface area contributed by atoms with Crippen molar-refractivity contribution < 1.29 is 4.39 Å². The van der Waals surface area contributed by atoms with E-state index in [9.17, 15) is 4.39 Å².